The van der Waals surface area contributed by atoms with Crippen LogP contribution in [0.1, 0.15) is 32.6 Å². The number of aliphatic carboxylic acids is 1. The van der Waals surface area contributed by atoms with Crippen LogP contribution in [-0.4, -0.2) is 41.1 Å². The first-order valence-electron chi connectivity index (χ1n) is 6.05. The summed E-state index contributed by atoms with van der Waals surface area (Å²) in [6.07, 6.45) is 7.64. The summed E-state index contributed by atoms with van der Waals surface area (Å²) in [5.41, 5.74) is 0. The largest absolute Gasteiger partial charge is 0.480 e. The summed E-state index contributed by atoms with van der Waals surface area (Å²) in [5.74, 6) is -0.975. The highest BCUT2D eigenvalue weighted by molar-refractivity contribution is 5.80. The zero-order valence-corrected chi connectivity index (χ0v) is 10.2. The van der Waals surface area contributed by atoms with Gasteiger partial charge in [0.25, 0.3) is 0 Å². The quantitative estimate of drug-likeness (QED) is 0.717. The summed E-state index contributed by atoms with van der Waals surface area (Å²) in [7, 11) is 0. The van der Waals surface area contributed by atoms with Crippen LogP contribution in [0.3, 0.4) is 0 Å². The molecule has 5 nitrogen and oxygen atoms in total. The molecule has 0 aromatic heterocycles. The summed E-state index contributed by atoms with van der Waals surface area (Å²) in [6.45, 7) is 2.16. The van der Waals surface area contributed by atoms with E-state index in [0.29, 0.717) is 6.54 Å². The van der Waals surface area contributed by atoms with E-state index < -0.39 is 5.97 Å². The van der Waals surface area contributed by atoms with E-state index in [1.54, 1.807) is 0 Å². The molecule has 0 radical (unpaired) electrons. The Kier molecular flexibility index (Phi) is 5.52. The number of urea groups is 1. The average molecular weight is 240 g/mol. The van der Waals surface area contributed by atoms with Gasteiger partial charge >= 0.3 is 12.0 Å². The summed E-state index contributed by atoms with van der Waals surface area (Å²) in [5, 5.41) is 11.6. The Labute approximate surface area is 101 Å². The second-order valence-corrected chi connectivity index (χ2v) is 4.25. The molecule has 0 aliphatic heterocycles. The first kappa shape index (κ1) is 13.5. The lowest BCUT2D eigenvalue weighted by Gasteiger charge is -2.25. The summed E-state index contributed by atoms with van der Waals surface area (Å²) < 4.78 is 0. The highest BCUT2D eigenvalue weighted by Gasteiger charge is 2.19. The Bertz CT molecular complexity index is 302. The minimum Gasteiger partial charge on any atom is -0.480 e. The first-order chi connectivity index (χ1) is 8.13. The van der Waals surface area contributed by atoms with Gasteiger partial charge in [-0.25, -0.2) is 4.79 Å². The number of carbonyl (C=O) groups is 2. The van der Waals surface area contributed by atoms with E-state index in [1.807, 2.05) is 6.92 Å². The maximum atomic E-state index is 11.9. The van der Waals surface area contributed by atoms with Crippen LogP contribution in [0.2, 0.25) is 0 Å². The third-order valence-electron chi connectivity index (χ3n) is 2.70. The molecular formula is C12H20N2O3. The second-order valence-electron chi connectivity index (χ2n) is 4.25. The Morgan fingerprint density at radius 2 is 2.24 bits per heavy atom. The number of amides is 2. The van der Waals surface area contributed by atoms with Gasteiger partial charge in [-0.2, -0.15) is 0 Å². The molecule has 0 aromatic rings. The highest BCUT2D eigenvalue weighted by Crippen LogP contribution is 2.10. The molecule has 0 fully saturated rings. The molecule has 0 aromatic carbocycles. The number of carboxylic acids is 1. The highest BCUT2D eigenvalue weighted by atomic mass is 16.4. The van der Waals surface area contributed by atoms with Crippen LogP contribution >= 0.6 is 0 Å². The number of carbonyl (C=O) groups excluding carboxylic acids is 1. The van der Waals surface area contributed by atoms with Crippen molar-refractivity contribution in [1.29, 1.82) is 0 Å². The van der Waals surface area contributed by atoms with Crippen molar-refractivity contribution in [2.45, 2.75) is 38.6 Å². The predicted octanol–water partition coefficient (Wildman–Crippen LogP) is 1.60. The van der Waals surface area contributed by atoms with Gasteiger partial charge in [0.2, 0.25) is 0 Å². The average Bonchev–Trinajstić information content (AvgIpc) is 2.29. The standard InChI is InChI=1S/C12H20N2O3/c1-2-8-14(9-11(15)16)12(17)13-10-6-4-3-5-7-10/h3-4,10H,2,5-9H2,1H3,(H,13,17)(H,15,16). The minimum absolute atomic E-state index is 0.139. The van der Waals surface area contributed by atoms with E-state index >= 15 is 0 Å². The van der Waals surface area contributed by atoms with E-state index in [1.165, 1.54) is 4.90 Å². The van der Waals surface area contributed by atoms with Crippen LogP contribution in [0.25, 0.3) is 0 Å². The Morgan fingerprint density at radius 1 is 1.47 bits per heavy atom. The molecule has 1 aliphatic carbocycles. The molecule has 1 unspecified atom stereocenters. The maximum Gasteiger partial charge on any atom is 0.323 e. The summed E-state index contributed by atoms with van der Waals surface area (Å²) in [4.78, 5) is 23.9. The van der Waals surface area contributed by atoms with Crippen molar-refractivity contribution in [3.8, 4) is 0 Å². The van der Waals surface area contributed by atoms with Crippen molar-refractivity contribution >= 4 is 12.0 Å². The maximum absolute atomic E-state index is 11.9. The van der Waals surface area contributed by atoms with Gasteiger partial charge in [0.15, 0.2) is 0 Å². The molecule has 1 aliphatic rings. The van der Waals surface area contributed by atoms with Gasteiger partial charge in [0.1, 0.15) is 6.54 Å². The van der Waals surface area contributed by atoms with Crippen molar-refractivity contribution in [2.24, 2.45) is 0 Å². The summed E-state index contributed by atoms with van der Waals surface area (Å²) >= 11 is 0. The van der Waals surface area contributed by atoms with Crippen molar-refractivity contribution in [1.82, 2.24) is 10.2 Å². The monoisotopic (exact) mass is 240 g/mol. The molecule has 0 saturated carbocycles. The first-order valence-corrected chi connectivity index (χ1v) is 6.05. The number of allylic oxidation sites excluding steroid dienone is 1. The van der Waals surface area contributed by atoms with Crippen LogP contribution in [-0.2, 0) is 4.79 Å². The molecular weight excluding hydrogens is 220 g/mol. The Hall–Kier alpha value is -1.52. The molecule has 0 saturated heterocycles. The van der Waals surface area contributed by atoms with Gasteiger partial charge < -0.3 is 15.3 Å². The number of hydrogen-bond donors (Lipinski definition) is 2. The van der Waals surface area contributed by atoms with E-state index in [4.69, 9.17) is 5.11 Å². The van der Waals surface area contributed by atoms with Crippen molar-refractivity contribution in [2.75, 3.05) is 13.1 Å². The number of hydrogen-bond acceptors (Lipinski definition) is 2. The van der Waals surface area contributed by atoms with Crippen LogP contribution in [0.4, 0.5) is 4.79 Å². The molecule has 0 bridgehead atoms. The fourth-order valence-electron chi connectivity index (χ4n) is 1.88. The lowest BCUT2D eigenvalue weighted by molar-refractivity contribution is -0.137. The molecule has 17 heavy (non-hydrogen) atoms. The zero-order chi connectivity index (χ0) is 12.7. The molecule has 2 N–H and O–H groups in total. The minimum atomic E-state index is -0.975. The SMILES string of the molecule is CCCN(CC(=O)O)C(=O)NC1CC=CCC1. The lowest BCUT2D eigenvalue weighted by Crippen LogP contribution is -2.47. The van der Waals surface area contributed by atoms with E-state index in [0.717, 1.165) is 25.7 Å². The van der Waals surface area contributed by atoms with E-state index in [-0.39, 0.29) is 18.6 Å². The molecule has 96 valence electrons. The normalized spacial score (nSPS) is 18.8. The van der Waals surface area contributed by atoms with Gasteiger partial charge in [-0.15, -0.1) is 0 Å². The van der Waals surface area contributed by atoms with Gasteiger partial charge in [-0.3, -0.25) is 4.79 Å². The molecule has 0 heterocycles. The second kappa shape index (κ2) is 6.93. The van der Waals surface area contributed by atoms with Gasteiger partial charge in [-0.05, 0) is 25.7 Å². The lowest BCUT2D eigenvalue weighted by atomic mass is 10.0. The molecule has 1 atom stereocenters. The third-order valence-corrected chi connectivity index (χ3v) is 2.70. The Morgan fingerprint density at radius 3 is 2.76 bits per heavy atom. The van der Waals surface area contributed by atoms with Gasteiger partial charge in [0.05, 0.1) is 0 Å². The van der Waals surface area contributed by atoms with Crippen molar-refractivity contribution in [3.63, 3.8) is 0 Å². The van der Waals surface area contributed by atoms with Crippen LogP contribution in [0.5, 0.6) is 0 Å². The third kappa shape index (κ3) is 4.89. The zero-order valence-electron chi connectivity index (χ0n) is 10.2. The topological polar surface area (TPSA) is 69.6 Å². The fraction of sp³-hybridized carbons (Fsp3) is 0.667. The number of nitrogens with zero attached hydrogens (tertiary/aromatic N) is 1. The number of carboxylic acid groups (broad SMARTS) is 1. The molecule has 5 heteroatoms. The van der Waals surface area contributed by atoms with E-state index in [2.05, 4.69) is 17.5 Å². The smallest absolute Gasteiger partial charge is 0.323 e. The van der Waals surface area contributed by atoms with Gasteiger partial charge in [0, 0.05) is 12.6 Å². The Balaban J connectivity index is 2.45. The molecule has 1 rings (SSSR count). The van der Waals surface area contributed by atoms with Crippen LogP contribution in [0, 0.1) is 0 Å². The van der Waals surface area contributed by atoms with Crippen molar-refractivity contribution < 1.29 is 14.7 Å². The number of nitrogens with one attached hydrogen (secondary N) is 1. The van der Waals surface area contributed by atoms with Gasteiger partial charge in [-0.1, -0.05) is 19.1 Å². The van der Waals surface area contributed by atoms with Crippen molar-refractivity contribution in [3.05, 3.63) is 12.2 Å². The van der Waals surface area contributed by atoms with Crippen LogP contribution in [0.15, 0.2) is 12.2 Å². The van der Waals surface area contributed by atoms with Crippen LogP contribution < -0.4 is 5.32 Å². The number of rotatable bonds is 5. The predicted molar refractivity (Wildman–Crippen MR) is 64.8 cm³/mol. The summed E-state index contributed by atoms with van der Waals surface area (Å²) in [6, 6.07) is -0.129. The fourth-order valence-corrected chi connectivity index (χ4v) is 1.88. The molecule has 0 spiro atoms. The molecule has 2 amide bonds. The van der Waals surface area contributed by atoms with E-state index in [9.17, 15) is 9.59 Å².